The summed E-state index contributed by atoms with van der Waals surface area (Å²) in [5.74, 6) is -0.688. The van der Waals surface area contributed by atoms with E-state index in [9.17, 15) is 28.4 Å². The second-order valence-corrected chi connectivity index (χ2v) is 7.47. The fraction of sp³-hybridized carbons (Fsp3) is 0.188. The lowest BCUT2D eigenvalue weighted by atomic mass is 10.0. The van der Waals surface area contributed by atoms with Gasteiger partial charge in [0.2, 0.25) is 0 Å². The molecule has 1 atom stereocenters. The van der Waals surface area contributed by atoms with Gasteiger partial charge in [-0.05, 0) is 17.2 Å². The number of aliphatic hydroxyl groups excluding tert-OH is 1. The summed E-state index contributed by atoms with van der Waals surface area (Å²) >= 11 is 0. The minimum Gasteiger partial charge on any atom is -0.380 e. The smallest absolute Gasteiger partial charge is 0.289 e. The van der Waals surface area contributed by atoms with E-state index in [2.05, 4.69) is 0 Å². The van der Waals surface area contributed by atoms with Gasteiger partial charge in [-0.2, -0.15) is 4.31 Å². The topological polar surface area (TPSA) is 118 Å². The average Bonchev–Trinajstić information content (AvgIpc) is 2.73. The summed E-state index contributed by atoms with van der Waals surface area (Å²) in [5.41, 5.74) is 0.254. The Morgan fingerprint density at radius 2 is 1.72 bits per heavy atom. The highest BCUT2D eigenvalue weighted by Crippen LogP contribution is 2.31. The van der Waals surface area contributed by atoms with E-state index in [0.717, 1.165) is 16.4 Å². The molecule has 1 aliphatic heterocycles. The fourth-order valence-corrected chi connectivity index (χ4v) is 4.30. The van der Waals surface area contributed by atoms with Crippen molar-refractivity contribution in [3.63, 3.8) is 0 Å². The van der Waals surface area contributed by atoms with Crippen molar-refractivity contribution in [1.82, 2.24) is 4.31 Å². The number of hydrogen-bond acceptors (Lipinski definition) is 6. The van der Waals surface area contributed by atoms with Gasteiger partial charge in [0.15, 0.2) is 10.7 Å². The molecular formula is C16H14N2O6S. The minimum atomic E-state index is -4.30. The van der Waals surface area contributed by atoms with Crippen LogP contribution in [0.5, 0.6) is 0 Å². The Morgan fingerprint density at radius 3 is 2.44 bits per heavy atom. The van der Waals surface area contributed by atoms with Crippen LogP contribution in [0.2, 0.25) is 0 Å². The van der Waals surface area contributed by atoms with Crippen molar-refractivity contribution in [2.45, 2.75) is 17.5 Å². The Morgan fingerprint density at radius 1 is 1.08 bits per heavy atom. The number of ketones is 1. The lowest BCUT2D eigenvalue weighted by Crippen LogP contribution is -2.35. The fourth-order valence-electron chi connectivity index (χ4n) is 2.76. The first-order valence-corrected chi connectivity index (χ1v) is 8.78. The molecule has 1 aliphatic rings. The minimum absolute atomic E-state index is 0.159. The van der Waals surface area contributed by atoms with Crippen molar-refractivity contribution in [2.75, 3.05) is 6.54 Å². The molecule has 2 aromatic carbocycles. The molecule has 1 unspecified atom stereocenters. The molecule has 0 fully saturated rings. The molecular weight excluding hydrogens is 348 g/mol. The summed E-state index contributed by atoms with van der Waals surface area (Å²) in [5, 5.41) is 21.3. The highest BCUT2D eigenvalue weighted by Gasteiger charge is 2.37. The van der Waals surface area contributed by atoms with Gasteiger partial charge in [-0.1, -0.05) is 36.4 Å². The number of para-hydroxylation sites is 1. The van der Waals surface area contributed by atoms with Crippen LogP contribution in [0.1, 0.15) is 17.2 Å². The number of nitrogens with zero attached hydrogens (tertiary/aromatic N) is 2. The van der Waals surface area contributed by atoms with Crippen LogP contribution in [-0.4, -0.2) is 35.1 Å². The summed E-state index contributed by atoms with van der Waals surface area (Å²) < 4.78 is 26.7. The van der Waals surface area contributed by atoms with Gasteiger partial charge in [0, 0.05) is 12.6 Å². The molecule has 0 saturated carbocycles. The molecule has 0 aliphatic carbocycles. The lowest BCUT2D eigenvalue weighted by molar-refractivity contribution is -0.387. The zero-order valence-corrected chi connectivity index (χ0v) is 13.7. The van der Waals surface area contributed by atoms with E-state index in [1.165, 1.54) is 12.1 Å². The second kappa shape index (κ2) is 6.36. The Labute approximate surface area is 143 Å². The van der Waals surface area contributed by atoms with Gasteiger partial charge >= 0.3 is 0 Å². The van der Waals surface area contributed by atoms with Crippen molar-refractivity contribution >= 4 is 21.5 Å². The number of rotatable bonds is 3. The van der Waals surface area contributed by atoms with Gasteiger partial charge < -0.3 is 5.11 Å². The number of aliphatic hydroxyl groups is 1. The number of Topliss-reactive ketones (excluding diaryl/α,β-unsaturated/α-hetero) is 1. The molecule has 0 radical (unpaired) electrons. The van der Waals surface area contributed by atoms with Crippen LogP contribution in [0.4, 0.5) is 5.69 Å². The number of nitro groups is 1. The number of carbonyl (C=O) groups is 1. The van der Waals surface area contributed by atoms with Crippen LogP contribution in [0.3, 0.4) is 0 Å². The van der Waals surface area contributed by atoms with Crippen LogP contribution < -0.4 is 0 Å². The quantitative estimate of drug-likeness (QED) is 0.651. The summed E-state index contributed by atoms with van der Waals surface area (Å²) in [6, 6.07) is 11.4. The third kappa shape index (κ3) is 3.04. The lowest BCUT2D eigenvalue weighted by Gasteiger charge is -2.19. The number of sulfonamides is 1. The number of carbonyl (C=O) groups excluding carboxylic acids is 1. The first-order valence-electron chi connectivity index (χ1n) is 7.34. The maximum absolute atomic E-state index is 12.9. The highest BCUT2D eigenvalue weighted by molar-refractivity contribution is 7.89. The van der Waals surface area contributed by atoms with Gasteiger partial charge in [0.25, 0.3) is 15.7 Å². The molecule has 2 aromatic rings. The van der Waals surface area contributed by atoms with Crippen LogP contribution in [0, 0.1) is 10.1 Å². The molecule has 0 bridgehead atoms. The van der Waals surface area contributed by atoms with E-state index in [1.54, 1.807) is 24.3 Å². The van der Waals surface area contributed by atoms with Gasteiger partial charge in [-0.15, -0.1) is 0 Å². The molecule has 1 N–H and O–H groups in total. The van der Waals surface area contributed by atoms with E-state index in [-0.39, 0.29) is 6.54 Å². The normalized spacial score (nSPS) is 18.4. The van der Waals surface area contributed by atoms with Crippen molar-refractivity contribution in [3.05, 3.63) is 69.8 Å². The van der Waals surface area contributed by atoms with Crippen LogP contribution in [-0.2, 0) is 21.4 Å². The summed E-state index contributed by atoms with van der Waals surface area (Å²) in [6.07, 6.45) is -1.43. The highest BCUT2D eigenvalue weighted by atomic mass is 32.2. The van der Waals surface area contributed by atoms with E-state index in [1.807, 2.05) is 0 Å². The number of hydrogen-bond donors (Lipinski definition) is 1. The number of fused-ring (bicyclic) bond motifs is 1. The van der Waals surface area contributed by atoms with Crippen molar-refractivity contribution < 1.29 is 23.2 Å². The van der Waals surface area contributed by atoms with Crippen LogP contribution in [0.15, 0.2) is 53.4 Å². The molecule has 0 amide bonds. The van der Waals surface area contributed by atoms with Crippen LogP contribution in [0.25, 0.3) is 0 Å². The van der Waals surface area contributed by atoms with E-state index in [0.29, 0.717) is 11.1 Å². The maximum atomic E-state index is 12.9. The van der Waals surface area contributed by atoms with Crippen molar-refractivity contribution in [3.8, 4) is 0 Å². The molecule has 25 heavy (non-hydrogen) atoms. The first kappa shape index (κ1) is 17.2. The SMILES string of the molecule is O=C1CN(S(=O)(=O)c2ccccc2[N+](=O)[O-])Cc2ccccc2C1O. The molecule has 0 aromatic heterocycles. The van der Waals surface area contributed by atoms with Crippen molar-refractivity contribution in [1.29, 1.82) is 0 Å². The Balaban J connectivity index is 2.10. The summed E-state index contributed by atoms with van der Waals surface area (Å²) in [4.78, 5) is 22.1. The maximum Gasteiger partial charge on any atom is 0.289 e. The molecule has 130 valence electrons. The van der Waals surface area contributed by atoms with E-state index < -0.39 is 44.0 Å². The summed E-state index contributed by atoms with van der Waals surface area (Å²) in [7, 11) is -4.30. The third-order valence-corrected chi connectivity index (χ3v) is 5.85. The molecule has 0 saturated heterocycles. The zero-order valence-electron chi connectivity index (χ0n) is 12.9. The standard InChI is InChI=1S/C16H14N2O6S/c19-14-10-17(9-11-5-1-2-6-12(11)16(14)20)25(23,24)15-8-4-3-7-13(15)18(21)22/h1-8,16,20H,9-10H2. The molecule has 3 rings (SSSR count). The molecule has 9 heteroatoms. The largest absolute Gasteiger partial charge is 0.380 e. The van der Waals surface area contributed by atoms with Crippen molar-refractivity contribution in [2.24, 2.45) is 0 Å². The summed E-state index contributed by atoms with van der Waals surface area (Å²) in [6.45, 7) is -0.725. The first-order chi connectivity index (χ1) is 11.8. The van der Waals surface area contributed by atoms with Gasteiger partial charge in [-0.3, -0.25) is 14.9 Å². The average molecular weight is 362 g/mol. The van der Waals surface area contributed by atoms with E-state index >= 15 is 0 Å². The Bertz CT molecular complexity index is 957. The predicted octanol–water partition coefficient (Wildman–Crippen LogP) is 1.40. The van der Waals surface area contributed by atoms with E-state index in [4.69, 9.17) is 0 Å². The Hall–Kier alpha value is -2.62. The second-order valence-electron chi connectivity index (χ2n) is 5.57. The third-order valence-electron chi connectivity index (χ3n) is 4.01. The number of benzene rings is 2. The van der Waals surface area contributed by atoms with Crippen LogP contribution >= 0.6 is 0 Å². The number of nitro benzene ring substituents is 1. The predicted molar refractivity (Wildman–Crippen MR) is 87.1 cm³/mol. The van der Waals surface area contributed by atoms with Gasteiger partial charge in [-0.25, -0.2) is 8.42 Å². The zero-order chi connectivity index (χ0) is 18.2. The Kier molecular flexibility index (Phi) is 4.38. The molecule has 8 nitrogen and oxygen atoms in total. The van der Waals surface area contributed by atoms with Gasteiger partial charge in [0.1, 0.15) is 6.10 Å². The molecule has 0 spiro atoms. The monoisotopic (exact) mass is 362 g/mol. The molecule has 1 heterocycles. The van der Waals surface area contributed by atoms with Gasteiger partial charge in [0.05, 0.1) is 11.5 Å².